The average molecular weight is 317 g/mol. The SMILES string of the molecule is COc1ncnc(N(C)C)c1NC(=O)c1coc(C2CCC2)n1. The van der Waals surface area contributed by atoms with E-state index in [0.717, 1.165) is 12.8 Å². The summed E-state index contributed by atoms with van der Waals surface area (Å²) in [5.74, 6) is 1.43. The third-order valence-electron chi connectivity index (χ3n) is 3.86. The zero-order chi connectivity index (χ0) is 16.4. The Morgan fingerprint density at radius 1 is 1.39 bits per heavy atom. The molecule has 1 aliphatic rings. The van der Waals surface area contributed by atoms with E-state index in [4.69, 9.17) is 9.15 Å². The molecule has 0 aromatic carbocycles. The van der Waals surface area contributed by atoms with Crippen molar-refractivity contribution >= 4 is 17.4 Å². The first kappa shape index (κ1) is 15.3. The van der Waals surface area contributed by atoms with E-state index in [1.165, 1.54) is 26.1 Å². The maximum absolute atomic E-state index is 12.4. The van der Waals surface area contributed by atoms with Crippen molar-refractivity contribution in [3.8, 4) is 5.88 Å². The minimum atomic E-state index is -0.379. The molecule has 1 fully saturated rings. The normalized spacial score (nSPS) is 14.2. The molecule has 2 heterocycles. The maximum Gasteiger partial charge on any atom is 0.277 e. The maximum atomic E-state index is 12.4. The average Bonchev–Trinajstić information content (AvgIpc) is 2.94. The first-order valence-corrected chi connectivity index (χ1v) is 7.43. The van der Waals surface area contributed by atoms with E-state index in [1.807, 2.05) is 14.1 Å². The van der Waals surface area contributed by atoms with Gasteiger partial charge in [0.2, 0.25) is 5.88 Å². The van der Waals surface area contributed by atoms with Crippen molar-refractivity contribution in [1.82, 2.24) is 15.0 Å². The molecule has 1 saturated carbocycles. The summed E-state index contributed by atoms with van der Waals surface area (Å²) in [6.07, 6.45) is 6.07. The first-order valence-electron chi connectivity index (χ1n) is 7.43. The fraction of sp³-hybridized carbons (Fsp3) is 0.467. The van der Waals surface area contributed by atoms with Crippen molar-refractivity contribution in [2.24, 2.45) is 0 Å². The lowest BCUT2D eigenvalue weighted by molar-refractivity contribution is 0.102. The van der Waals surface area contributed by atoms with Crippen LogP contribution in [0.1, 0.15) is 41.6 Å². The summed E-state index contributed by atoms with van der Waals surface area (Å²) in [5, 5.41) is 2.76. The molecule has 8 heteroatoms. The topological polar surface area (TPSA) is 93.4 Å². The lowest BCUT2D eigenvalue weighted by Crippen LogP contribution is -2.19. The molecule has 122 valence electrons. The molecule has 0 bridgehead atoms. The van der Waals surface area contributed by atoms with Crippen LogP contribution >= 0.6 is 0 Å². The van der Waals surface area contributed by atoms with Crippen LogP contribution in [0, 0.1) is 0 Å². The smallest absolute Gasteiger partial charge is 0.277 e. The number of carbonyl (C=O) groups excluding carboxylic acids is 1. The minimum Gasteiger partial charge on any atom is -0.479 e. The zero-order valence-electron chi connectivity index (χ0n) is 13.4. The number of anilines is 2. The molecular weight excluding hydrogens is 298 g/mol. The van der Waals surface area contributed by atoms with Crippen LogP contribution in [0.4, 0.5) is 11.5 Å². The second-order valence-corrected chi connectivity index (χ2v) is 5.63. The molecule has 0 spiro atoms. The van der Waals surface area contributed by atoms with Crippen LogP contribution in [-0.4, -0.2) is 42.1 Å². The van der Waals surface area contributed by atoms with E-state index >= 15 is 0 Å². The Hall–Kier alpha value is -2.64. The van der Waals surface area contributed by atoms with Crippen LogP contribution in [0.2, 0.25) is 0 Å². The zero-order valence-corrected chi connectivity index (χ0v) is 13.4. The van der Waals surface area contributed by atoms with Gasteiger partial charge in [-0.2, -0.15) is 4.98 Å². The van der Waals surface area contributed by atoms with E-state index in [9.17, 15) is 4.79 Å². The minimum absolute atomic E-state index is 0.238. The van der Waals surface area contributed by atoms with Gasteiger partial charge < -0.3 is 19.4 Å². The lowest BCUT2D eigenvalue weighted by atomic mass is 9.85. The third kappa shape index (κ3) is 2.96. The highest BCUT2D eigenvalue weighted by Gasteiger charge is 2.26. The van der Waals surface area contributed by atoms with Gasteiger partial charge in [-0.3, -0.25) is 4.79 Å². The number of hydrogen-bond acceptors (Lipinski definition) is 7. The number of oxazole rings is 1. The first-order chi connectivity index (χ1) is 11.1. The molecule has 8 nitrogen and oxygen atoms in total. The molecule has 2 aromatic heterocycles. The Morgan fingerprint density at radius 2 is 2.17 bits per heavy atom. The molecule has 0 radical (unpaired) electrons. The number of methoxy groups -OCH3 is 1. The van der Waals surface area contributed by atoms with Gasteiger partial charge in [-0.1, -0.05) is 6.42 Å². The number of nitrogens with one attached hydrogen (secondary N) is 1. The number of carbonyl (C=O) groups is 1. The number of nitrogens with zero attached hydrogens (tertiary/aromatic N) is 4. The summed E-state index contributed by atoms with van der Waals surface area (Å²) in [6.45, 7) is 0. The second-order valence-electron chi connectivity index (χ2n) is 5.63. The lowest BCUT2D eigenvalue weighted by Gasteiger charge is -2.21. The Morgan fingerprint density at radius 3 is 2.78 bits per heavy atom. The van der Waals surface area contributed by atoms with Crippen molar-refractivity contribution < 1.29 is 13.9 Å². The quantitative estimate of drug-likeness (QED) is 0.902. The van der Waals surface area contributed by atoms with Crippen LogP contribution < -0.4 is 15.0 Å². The summed E-state index contributed by atoms with van der Waals surface area (Å²) in [5.41, 5.74) is 0.640. The molecule has 1 amide bonds. The second kappa shape index (κ2) is 6.23. The van der Waals surface area contributed by atoms with E-state index in [0.29, 0.717) is 29.2 Å². The van der Waals surface area contributed by atoms with Gasteiger partial charge in [0.15, 0.2) is 17.4 Å². The molecule has 1 aliphatic carbocycles. The van der Waals surface area contributed by atoms with E-state index < -0.39 is 0 Å². The van der Waals surface area contributed by atoms with Gasteiger partial charge >= 0.3 is 0 Å². The third-order valence-corrected chi connectivity index (χ3v) is 3.86. The fourth-order valence-corrected chi connectivity index (χ4v) is 2.38. The summed E-state index contributed by atoms with van der Waals surface area (Å²) >= 11 is 0. The monoisotopic (exact) mass is 317 g/mol. The van der Waals surface area contributed by atoms with Crippen LogP contribution in [-0.2, 0) is 0 Å². The summed E-state index contributed by atoms with van der Waals surface area (Å²) in [6, 6.07) is 0. The number of rotatable bonds is 5. The predicted octanol–water partition coefficient (Wildman–Crippen LogP) is 2.06. The van der Waals surface area contributed by atoms with Crippen molar-refractivity contribution in [3.05, 3.63) is 24.2 Å². The Kier molecular flexibility index (Phi) is 4.14. The van der Waals surface area contributed by atoms with Crippen molar-refractivity contribution in [1.29, 1.82) is 0 Å². The molecule has 0 unspecified atom stereocenters. The summed E-state index contributed by atoms with van der Waals surface area (Å²) in [7, 11) is 5.13. The van der Waals surface area contributed by atoms with Crippen molar-refractivity contribution in [2.75, 3.05) is 31.4 Å². The van der Waals surface area contributed by atoms with Gasteiger partial charge in [0.1, 0.15) is 18.3 Å². The molecule has 2 aromatic rings. The highest BCUT2D eigenvalue weighted by molar-refractivity contribution is 6.05. The molecule has 0 saturated heterocycles. The summed E-state index contributed by atoms with van der Waals surface area (Å²) in [4.78, 5) is 26.7. The van der Waals surface area contributed by atoms with Crippen LogP contribution in [0.15, 0.2) is 17.0 Å². The van der Waals surface area contributed by atoms with Gasteiger partial charge in [-0.05, 0) is 12.8 Å². The molecule has 0 aliphatic heterocycles. The molecule has 23 heavy (non-hydrogen) atoms. The number of amides is 1. The Balaban J connectivity index is 1.83. The number of ether oxygens (including phenoxy) is 1. The van der Waals surface area contributed by atoms with E-state index in [1.54, 1.807) is 4.90 Å². The van der Waals surface area contributed by atoms with Gasteiger partial charge in [0, 0.05) is 20.0 Å². The molecule has 0 atom stereocenters. The van der Waals surface area contributed by atoms with Gasteiger partial charge in [-0.15, -0.1) is 0 Å². The molecule has 3 rings (SSSR count). The van der Waals surface area contributed by atoms with Gasteiger partial charge in [-0.25, -0.2) is 9.97 Å². The molecule has 1 N–H and O–H groups in total. The largest absolute Gasteiger partial charge is 0.479 e. The van der Waals surface area contributed by atoms with E-state index in [-0.39, 0.29) is 11.6 Å². The van der Waals surface area contributed by atoms with Crippen LogP contribution in [0.25, 0.3) is 0 Å². The van der Waals surface area contributed by atoms with E-state index in [2.05, 4.69) is 20.3 Å². The highest BCUT2D eigenvalue weighted by Crippen LogP contribution is 2.36. The highest BCUT2D eigenvalue weighted by atomic mass is 16.5. The number of aromatic nitrogens is 3. The predicted molar refractivity (Wildman–Crippen MR) is 84.0 cm³/mol. The number of hydrogen-bond donors (Lipinski definition) is 1. The fourth-order valence-electron chi connectivity index (χ4n) is 2.38. The Bertz CT molecular complexity index is 709. The van der Waals surface area contributed by atoms with Gasteiger partial charge in [0.05, 0.1) is 7.11 Å². The van der Waals surface area contributed by atoms with Gasteiger partial charge in [0.25, 0.3) is 5.91 Å². The molecular formula is C15H19N5O3. The van der Waals surface area contributed by atoms with Crippen molar-refractivity contribution in [3.63, 3.8) is 0 Å². The van der Waals surface area contributed by atoms with Crippen molar-refractivity contribution in [2.45, 2.75) is 25.2 Å². The Labute approximate surface area is 133 Å². The standard InChI is InChI=1S/C15H19N5O3/c1-20(2)12-11(15(22-3)17-8-16-12)19-13(21)10-7-23-14(18-10)9-5-4-6-9/h7-9H,4-6H2,1-3H3,(H,19,21). The van der Waals surface area contributed by atoms with Crippen LogP contribution in [0.3, 0.4) is 0 Å². The van der Waals surface area contributed by atoms with Crippen LogP contribution in [0.5, 0.6) is 5.88 Å². The summed E-state index contributed by atoms with van der Waals surface area (Å²) < 4.78 is 10.6.